The summed E-state index contributed by atoms with van der Waals surface area (Å²) in [6.07, 6.45) is 4.00. The van der Waals surface area contributed by atoms with Gasteiger partial charge in [0.05, 0.1) is 16.2 Å². The summed E-state index contributed by atoms with van der Waals surface area (Å²) in [6, 6.07) is 4.61. The minimum atomic E-state index is -3.73. The summed E-state index contributed by atoms with van der Waals surface area (Å²) in [5.41, 5.74) is 2.66. The summed E-state index contributed by atoms with van der Waals surface area (Å²) in [5, 5.41) is 8.02. The maximum absolute atomic E-state index is 12.9. The zero-order valence-corrected chi connectivity index (χ0v) is 14.7. The Balaban J connectivity index is 1.75. The van der Waals surface area contributed by atoms with E-state index in [1.54, 1.807) is 24.5 Å². The molecular weight excluding hydrogens is 371 g/mol. The quantitative estimate of drug-likeness (QED) is 0.738. The first kappa shape index (κ1) is 15.8. The van der Waals surface area contributed by atoms with E-state index in [4.69, 9.17) is 23.2 Å². The Morgan fingerprint density at radius 3 is 2.88 bits per heavy atom. The van der Waals surface area contributed by atoms with E-state index in [1.165, 1.54) is 10.4 Å². The lowest BCUT2D eigenvalue weighted by Gasteiger charge is -2.28. The molecule has 0 radical (unpaired) electrons. The zero-order chi connectivity index (χ0) is 16.9. The standard InChI is InChI=1S/C15H12Cl2N4O2S/c16-12-2-1-3-13(14(12)17)24(22,23)21-5-4-10-9(8-21)6-18-15-11(10)7-19-20-15/h1-3,6-7H,4-5,8H2,(H,18,19,20). The summed E-state index contributed by atoms with van der Waals surface area (Å²) >= 11 is 12.1. The van der Waals surface area contributed by atoms with Crippen molar-refractivity contribution >= 4 is 44.3 Å². The molecule has 0 fully saturated rings. The van der Waals surface area contributed by atoms with Crippen molar-refractivity contribution in [1.82, 2.24) is 19.5 Å². The van der Waals surface area contributed by atoms with Gasteiger partial charge in [-0.3, -0.25) is 5.10 Å². The van der Waals surface area contributed by atoms with E-state index in [-0.39, 0.29) is 21.5 Å². The lowest BCUT2D eigenvalue weighted by atomic mass is 10.0. The van der Waals surface area contributed by atoms with Gasteiger partial charge in [0.2, 0.25) is 10.0 Å². The smallest absolute Gasteiger partial charge is 0.244 e. The minimum absolute atomic E-state index is 0.0254. The first-order chi connectivity index (χ1) is 11.5. The second-order valence-corrected chi connectivity index (χ2v) is 8.23. The molecule has 2 aromatic heterocycles. The predicted molar refractivity (Wildman–Crippen MR) is 91.7 cm³/mol. The molecule has 124 valence electrons. The molecule has 0 atom stereocenters. The van der Waals surface area contributed by atoms with E-state index in [1.807, 2.05) is 0 Å². The van der Waals surface area contributed by atoms with Gasteiger partial charge in [0.25, 0.3) is 0 Å². The van der Waals surface area contributed by atoms with E-state index >= 15 is 0 Å². The number of H-pyrrole nitrogens is 1. The molecule has 0 unspecified atom stereocenters. The molecule has 3 heterocycles. The number of nitrogens with zero attached hydrogens (tertiary/aromatic N) is 3. The fourth-order valence-electron chi connectivity index (χ4n) is 2.96. The second kappa shape index (κ2) is 5.70. The molecule has 0 amide bonds. The summed E-state index contributed by atoms with van der Waals surface area (Å²) in [6.45, 7) is 0.608. The van der Waals surface area contributed by atoms with Crippen molar-refractivity contribution in [3.63, 3.8) is 0 Å². The molecule has 1 N–H and O–H groups in total. The van der Waals surface area contributed by atoms with Gasteiger partial charge >= 0.3 is 0 Å². The number of fused-ring (bicyclic) bond motifs is 3. The number of benzene rings is 1. The fourth-order valence-corrected chi connectivity index (χ4v) is 5.11. The highest BCUT2D eigenvalue weighted by atomic mass is 35.5. The Hall–Kier alpha value is -1.67. The Kier molecular flexibility index (Phi) is 3.76. The van der Waals surface area contributed by atoms with Gasteiger partial charge in [-0.15, -0.1) is 0 Å². The first-order valence-electron chi connectivity index (χ1n) is 7.22. The molecule has 6 nitrogen and oxygen atoms in total. The molecule has 0 aliphatic carbocycles. The summed E-state index contributed by atoms with van der Waals surface area (Å²) in [4.78, 5) is 4.31. The van der Waals surface area contributed by atoms with Gasteiger partial charge in [-0.25, -0.2) is 13.4 Å². The van der Waals surface area contributed by atoms with Crippen molar-refractivity contribution in [3.8, 4) is 0 Å². The Morgan fingerprint density at radius 2 is 2.04 bits per heavy atom. The highest BCUT2D eigenvalue weighted by Crippen LogP contribution is 2.33. The van der Waals surface area contributed by atoms with Gasteiger partial charge < -0.3 is 0 Å². The lowest BCUT2D eigenvalue weighted by Crippen LogP contribution is -2.36. The third-order valence-electron chi connectivity index (χ3n) is 4.17. The van der Waals surface area contributed by atoms with Crippen molar-refractivity contribution in [3.05, 3.63) is 51.8 Å². The normalized spacial score (nSPS) is 15.6. The van der Waals surface area contributed by atoms with E-state index in [2.05, 4.69) is 15.2 Å². The number of hydrogen-bond acceptors (Lipinski definition) is 4. The number of nitrogens with one attached hydrogen (secondary N) is 1. The molecule has 0 spiro atoms. The van der Waals surface area contributed by atoms with Crippen LogP contribution >= 0.6 is 23.2 Å². The molecule has 3 aromatic rings. The molecular formula is C15H12Cl2N4O2S. The molecule has 9 heteroatoms. The van der Waals surface area contributed by atoms with Crippen molar-refractivity contribution in [2.24, 2.45) is 0 Å². The van der Waals surface area contributed by atoms with Gasteiger partial charge in [-0.05, 0) is 29.7 Å². The maximum atomic E-state index is 12.9. The summed E-state index contributed by atoms with van der Waals surface area (Å²) in [7, 11) is -3.73. The van der Waals surface area contributed by atoms with Crippen LogP contribution in [0.3, 0.4) is 0 Å². The van der Waals surface area contributed by atoms with Gasteiger partial charge in [-0.1, -0.05) is 29.3 Å². The van der Waals surface area contributed by atoms with Crippen LogP contribution in [-0.2, 0) is 23.0 Å². The lowest BCUT2D eigenvalue weighted by molar-refractivity contribution is 0.392. The van der Waals surface area contributed by atoms with E-state index in [9.17, 15) is 8.42 Å². The molecule has 1 aliphatic heterocycles. The first-order valence-corrected chi connectivity index (χ1v) is 9.42. The number of hydrogen-bond donors (Lipinski definition) is 1. The Morgan fingerprint density at radius 1 is 1.21 bits per heavy atom. The number of halogens is 2. The van der Waals surface area contributed by atoms with Gasteiger partial charge in [0.15, 0.2) is 5.65 Å². The topological polar surface area (TPSA) is 79.0 Å². The van der Waals surface area contributed by atoms with E-state index in [0.29, 0.717) is 18.6 Å². The number of pyridine rings is 1. The molecule has 1 aromatic carbocycles. The highest BCUT2D eigenvalue weighted by Gasteiger charge is 2.31. The summed E-state index contributed by atoms with van der Waals surface area (Å²) in [5.74, 6) is 0. The molecule has 0 saturated carbocycles. The Labute approximate surface area is 148 Å². The van der Waals surface area contributed by atoms with Crippen LogP contribution in [0.25, 0.3) is 11.0 Å². The van der Waals surface area contributed by atoms with Gasteiger partial charge in [-0.2, -0.15) is 9.40 Å². The molecule has 4 rings (SSSR count). The molecule has 1 aliphatic rings. The van der Waals surface area contributed by atoms with Gasteiger partial charge in [0.1, 0.15) is 4.90 Å². The van der Waals surface area contributed by atoms with Crippen LogP contribution in [0.2, 0.25) is 10.0 Å². The maximum Gasteiger partial charge on any atom is 0.244 e. The number of rotatable bonds is 2. The zero-order valence-electron chi connectivity index (χ0n) is 12.3. The van der Waals surface area contributed by atoms with E-state index in [0.717, 1.165) is 16.5 Å². The van der Waals surface area contributed by atoms with Crippen molar-refractivity contribution in [2.45, 2.75) is 17.9 Å². The average Bonchev–Trinajstić information content (AvgIpc) is 3.05. The molecule has 0 saturated heterocycles. The summed E-state index contributed by atoms with van der Waals surface area (Å²) < 4.78 is 27.3. The van der Waals surface area contributed by atoms with Crippen molar-refractivity contribution < 1.29 is 8.42 Å². The fraction of sp³-hybridized carbons (Fsp3) is 0.200. The third kappa shape index (κ3) is 2.39. The molecule has 24 heavy (non-hydrogen) atoms. The van der Waals surface area contributed by atoms with Crippen LogP contribution in [-0.4, -0.2) is 34.4 Å². The van der Waals surface area contributed by atoms with E-state index < -0.39 is 10.0 Å². The van der Waals surface area contributed by atoms with Crippen LogP contribution in [0.15, 0.2) is 35.5 Å². The SMILES string of the molecule is O=S(=O)(c1cccc(Cl)c1Cl)N1CCc2c(cnc3[nH]ncc23)C1. The average molecular weight is 383 g/mol. The van der Waals surface area contributed by atoms with Crippen molar-refractivity contribution in [2.75, 3.05) is 6.54 Å². The third-order valence-corrected chi connectivity index (χ3v) is 6.99. The van der Waals surface area contributed by atoms with Crippen LogP contribution in [0, 0.1) is 0 Å². The number of sulfonamides is 1. The minimum Gasteiger partial charge on any atom is -0.261 e. The largest absolute Gasteiger partial charge is 0.261 e. The van der Waals surface area contributed by atoms with Crippen molar-refractivity contribution in [1.29, 1.82) is 0 Å². The predicted octanol–water partition coefficient (Wildman–Crippen LogP) is 3.01. The monoisotopic (exact) mass is 382 g/mol. The van der Waals surface area contributed by atoms with Crippen LogP contribution < -0.4 is 0 Å². The number of aromatic amines is 1. The van der Waals surface area contributed by atoms with Crippen LogP contribution in [0.5, 0.6) is 0 Å². The van der Waals surface area contributed by atoms with Crippen LogP contribution in [0.4, 0.5) is 0 Å². The van der Waals surface area contributed by atoms with Crippen LogP contribution in [0.1, 0.15) is 11.1 Å². The number of aromatic nitrogens is 3. The molecule has 0 bridgehead atoms. The second-order valence-electron chi connectivity index (χ2n) is 5.53. The highest BCUT2D eigenvalue weighted by molar-refractivity contribution is 7.89. The van der Waals surface area contributed by atoms with Gasteiger partial charge in [0, 0.05) is 24.7 Å². The Bertz CT molecular complexity index is 1050.